The average molecular weight is 395 g/mol. The Morgan fingerprint density at radius 2 is 1.85 bits per heavy atom. The van der Waals surface area contributed by atoms with E-state index in [1.54, 1.807) is 44.4 Å². The third kappa shape index (κ3) is 3.28. The number of aromatic nitrogens is 4. The number of aryl methyl sites for hydroxylation is 2. The molecule has 0 spiro atoms. The van der Waals surface area contributed by atoms with Gasteiger partial charge < -0.3 is 5.73 Å². The van der Waals surface area contributed by atoms with Gasteiger partial charge in [0.2, 0.25) is 0 Å². The van der Waals surface area contributed by atoms with Crippen molar-refractivity contribution in [1.29, 1.82) is 0 Å². The van der Waals surface area contributed by atoms with Gasteiger partial charge in [-0.05, 0) is 37.3 Å². The van der Waals surface area contributed by atoms with Crippen molar-refractivity contribution in [3.05, 3.63) is 53.1 Å². The zero-order valence-electron chi connectivity index (χ0n) is 13.8. The van der Waals surface area contributed by atoms with Crippen molar-refractivity contribution in [2.24, 2.45) is 12.8 Å². The van der Waals surface area contributed by atoms with Crippen molar-refractivity contribution in [3.8, 4) is 5.69 Å². The van der Waals surface area contributed by atoms with E-state index in [4.69, 9.17) is 17.3 Å². The lowest BCUT2D eigenvalue weighted by Gasteiger charge is -2.09. The van der Waals surface area contributed by atoms with Gasteiger partial charge in [-0.2, -0.15) is 10.2 Å². The second-order valence-corrected chi connectivity index (χ2v) is 7.47. The van der Waals surface area contributed by atoms with E-state index in [-0.39, 0.29) is 15.7 Å². The molecule has 136 valence electrons. The molecule has 3 aromatic rings. The minimum atomic E-state index is -3.89. The number of nitrogens with two attached hydrogens (primary N) is 1. The molecule has 0 aliphatic heterocycles. The molecular formula is C15H15ClN6O3S. The highest BCUT2D eigenvalue weighted by Gasteiger charge is 2.25. The summed E-state index contributed by atoms with van der Waals surface area (Å²) in [7, 11) is -2.32. The van der Waals surface area contributed by atoms with E-state index in [0.717, 1.165) is 0 Å². The number of carbonyl (C=O) groups is 1. The van der Waals surface area contributed by atoms with E-state index in [1.807, 2.05) is 0 Å². The molecule has 26 heavy (non-hydrogen) atoms. The summed E-state index contributed by atoms with van der Waals surface area (Å²) in [6.07, 6.45) is 1.58. The van der Waals surface area contributed by atoms with Crippen LogP contribution in [0.25, 0.3) is 5.69 Å². The number of nitrogens with one attached hydrogen (secondary N) is 1. The molecule has 2 aromatic heterocycles. The number of rotatable bonds is 5. The summed E-state index contributed by atoms with van der Waals surface area (Å²) in [6, 6.07) is 7.92. The first-order valence-corrected chi connectivity index (χ1v) is 9.23. The smallest absolute Gasteiger partial charge is 0.269 e. The van der Waals surface area contributed by atoms with Gasteiger partial charge in [-0.1, -0.05) is 11.6 Å². The third-order valence-electron chi connectivity index (χ3n) is 3.59. The monoisotopic (exact) mass is 394 g/mol. The maximum Gasteiger partial charge on any atom is 0.269 e. The molecule has 9 nitrogen and oxygen atoms in total. The summed E-state index contributed by atoms with van der Waals surface area (Å²) in [5, 5.41) is 8.07. The fourth-order valence-electron chi connectivity index (χ4n) is 2.40. The summed E-state index contributed by atoms with van der Waals surface area (Å²) in [5.41, 5.74) is 6.59. The van der Waals surface area contributed by atoms with Crippen LogP contribution in [0, 0.1) is 6.92 Å². The van der Waals surface area contributed by atoms with E-state index in [0.29, 0.717) is 17.1 Å². The number of sulfonamides is 1. The molecule has 0 atom stereocenters. The van der Waals surface area contributed by atoms with E-state index >= 15 is 0 Å². The van der Waals surface area contributed by atoms with Crippen LogP contribution in [0.4, 0.5) is 5.69 Å². The van der Waals surface area contributed by atoms with E-state index in [2.05, 4.69) is 14.9 Å². The molecule has 1 aromatic carbocycles. The summed E-state index contributed by atoms with van der Waals surface area (Å²) < 4.78 is 30.4. The quantitative estimate of drug-likeness (QED) is 0.677. The minimum Gasteiger partial charge on any atom is -0.364 e. The number of hydrogen-bond donors (Lipinski definition) is 2. The van der Waals surface area contributed by atoms with E-state index in [9.17, 15) is 13.2 Å². The molecule has 0 fully saturated rings. The molecule has 3 N–H and O–H groups in total. The largest absolute Gasteiger partial charge is 0.364 e. The molecule has 0 aliphatic rings. The molecule has 0 saturated carbocycles. The first kappa shape index (κ1) is 18.0. The van der Waals surface area contributed by atoms with Gasteiger partial charge in [0.1, 0.15) is 15.7 Å². The first-order chi connectivity index (χ1) is 12.2. The zero-order valence-corrected chi connectivity index (χ0v) is 15.4. The standard InChI is InChI=1S/C15H15ClN6O3S/c1-9-13(14(16)21(2)18-9)26(24,25)20-10-3-5-11(6-4-10)22-8-7-12(19-22)15(17)23/h3-8,20H,1-2H3,(H2,17,23). The number of primary amides is 1. The molecule has 3 rings (SSSR count). The average Bonchev–Trinajstić information content (AvgIpc) is 3.13. The maximum atomic E-state index is 12.6. The highest BCUT2D eigenvalue weighted by Crippen LogP contribution is 2.26. The summed E-state index contributed by atoms with van der Waals surface area (Å²) in [4.78, 5) is 11.0. The lowest BCUT2D eigenvalue weighted by atomic mass is 10.3. The van der Waals surface area contributed by atoms with Gasteiger partial charge in [0.25, 0.3) is 15.9 Å². The molecule has 1 amide bonds. The molecule has 0 bridgehead atoms. The fourth-order valence-corrected chi connectivity index (χ4v) is 4.21. The molecule has 2 heterocycles. The first-order valence-electron chi connectivity index (χ1n) is 7.37. The van der Waals surface area contributed by atoms with Gasteiger partial charge in [-0.25, -0.2) is 13.1 Å². The van der Waals surface area contributed by atoms with E-state index < -0.39 is 15.9 Å². The van der Waals surface area contributed by atoms with Gasteiger partial charge in [0.05, 0.1) is 11.4 Å². The van der Waals surface area contributed by atoms with Gasteiger partial charge in [-0.3, -0.25) is 14.2 Å². The third-order valence-corrected chi connectivity index (χ3v) is 5.67. The minimum absolute atomic E-state index is 0.0298. The second kappa shape index (κ2) is 6.46. The molecular weight excluding hydrogens is 380 g/mol. The van der Waals surface area contributed by atoms with Gasteiger partial charge in [0, 0.05) is 18.9 Å². The summed E-state index contributed by atoms with van der Waals surface area (Å²) in [6.45, 7) is 1.57. The topological polar surface area (TPSA) is 125 Å². The van der Waals surface area contributed by atoms with Crippen LogP contribution < -0.4 is 10.5 Å². The lowest BCUT2D eigenvalue weighted by Crippen LogP contribution is -2.14. The predicted molar refractivity (Wildman–Crippen MR) is 95.8 cm³/mol. The zero-order chi connectivity index (χ0) is 19.1. The Bertz CT molecular complexity index is 1090. The van der Waals surface area contributed by atoms with Crippen LogP contribution in [0.3, 0.4) is 0 Å². The number of carbonyl (C=O) groups excluding carboxylic acids is 1. The Labute approximate surface area is 154 Å². The van der Waals surface area contributed by atoms with Crippen molar-refractivity contribution < 1.29 is 13.2 Å². The Kier molecular flexibility index (Phi) is 4.46. The van der Waals surface area contributed by atoms with Crippen molar-refractivity contribution in [2.45, 2.75) is 11.8 Å². The number of anilines is 1. The van der Waals surface area contributed by atoms with Crippen LogP contribution in [-0.4, -0.2) is 33.9 Å². The lowest BCUT2D eigenvalue weighted by molar-refractivity contribution is 0.0995. The van der Waals surface area contributed by atoms with Crippen molar-refractivity contribution in [1.82, 2.24) is 19.6 Å². The maximum absolute atomic E-state index is 12.6. The molecule has 0 aliphatic carbocycles. The molecule has 0 saturated heterocycles. The fraction of sp³-hybridized carbons (Fsp3) is 0.133. The van der Waals surface area contributed by atoms with Crippen molar-refractivity contribution in [2.75, 3.05) is 4.72 Å². The Morgan fingerprint density at radius 1 is 1.19 bits per heavy atom. The van der Waals surface area contributed by atoms with Crippen LogP contribution in [0.1, 0.15) is 16.2 Å². The summed E-state index contributed by atoms with van der Waals surface area (Å²) >= 11 is 6.03. The van der Waals surface area contributed by atoms with Gasteiger partial charge in [0.15, 0.2) is 0 Å². The number of nitrogens with zero attached hydrogens (tertiary/aromatic N) is 4. The van der Waals surface area contributed by atoms with E-state index in [1.165, 1.54) is 15.4 Å². The van der Waals surface area contributed by atoms with Crippen LogP contribution in [0.5, 0.6) is 0 Å². The van der Waals surface area contributed by atoms with Gasteiger partial charge in [-0.15, -0.1) is 0 Å². The number of benzene rings is 1. The highest BCUT2D eigenvalue weighted by molar-refractivity contribution is 7.92. The SMILES string of the molecule is Cc1nn(C)c(Cl)c1S(=O)(=O)Nc1ccc(-n2ccc(C(N)=O)n2)cc1. The Hall–Kier alpha value is -2.85. The van der Waals surface area contributed by atoms with Crippen molar-refractivity contribution in [3.63, 3.8) is 0 Å². The molecule has 0 radical (unpaired) electrons. The predicted octanol–water partition coefficient (Wildman–Crippen LogP) is 1.47. The van der Waals surface area contributed by atoms with Crippen LogP contribution in [-0.2, 0) is 17.1 Å². The second-order valence-electron chi connectivity index (χ2n) is 5.49. The van der Waals surface area contributed by atoms with Crippen molar-refractivity contribution >= 4 is 33.2 Å². The Morgan fingerprint density at radius 3 is 2.35 bits per heavy atom. The molecule has 0 unspecified atom stereocenters. The van der Waals surface area contributed by atoms with Crippen LogP contribution >= 0.6 is 11.6 Å². The van der Waals surface area contributed by atoms with Crippen LogP contribution in [0.15, 0.2) is 41.4 Å². The Balaban J connectivity index is 1.85. The number of hydrogen-bond acceptors (Lipinski definition) is 5. The van der Waals surface area contributed by atoms with Crippen LogP contribution in [0.2, 0.25) is 5.15 Å². The number of amides is 1. The molecule has 11 heteroatoms. The summed E-state index contributed by atoms with van der Waals surface area (Å²) in [5.74, 6) is -0.628. The highest BCUT2D eigenvalue weighted by atomic mass is 35.5. The van der Waals surface area contributed by atoms with Gasteiger partial charge >= 0.3 is 0 Å². The number of halogens is 1. The normalized spacial score (nSPS) is 11.5.